The third kappa shape index (κ3) is 3.07. The van der Waals surface area contributed by atoms with Gasteiger partial charge in [-0.3, -0.25) is 0 Å². The van der Waals surface area contributed by atoms with Crippen LogP contribution < -0.4 is 9.84 Å². The predicted molar refractivity (Wildman–Crippen MR) is 67.2 cm³/mol. The number of nitrogens with zero attached hydrogens (tertiary/aromatic N) is 2. The summed E-state index contributed by atoms with van der Waals surface area (Å²) in [5.74, 6) is -0.792. The standard InChI is InChI=1S/C14H14N2O3/c1-14(2,13(17)18)19-11-5-3-10(4-6-11)12-7-8-15-9-16-12/h3-9H,1-2H3,(H,17,18)/p-1. The van der Waals surface area contributed by atoms with E-state index in [2.05, 4.69) is 9.97 Å². The lowest BCUT2D eigenvalue weighted by Gasteiger charge is -2.27. The first-order valence-corrected chi connectivity index (χ1v) is 5.76. The fraction of sp³-hybridized carbons (Fsp3) is 0.214. The average molecular weight is 257 g/mol. The van der Waals surface area contributed by atoms with Crippen LogP contribution >= 0.6 is 0 Å². The van der Waals surface area contributed by atoms with Crippen molar-refractivity contribution in [1.82, 2.24) is 9.97 Å². The Bertz CT molecular complexity index is 565. The van der Waals surface area contributed by atoms with E-state index < -0.39 is 11.6 Å². The van der Waals surface area contributed by atoms with Crippen molar-refractivity contribution < 1.29 is 14.6 Å². The number of ether oxygens (including phenoxy) is 1. The molecule has 5 heteroatoms. The Balaban J connectivity index is 2.18. The van der Waals surface area contributed by atoms with Gasteiger partial charge in [-0.1, -0.05) is 0 Å². The minimum Gasteiger partial charge on any atom is -0.546 e. The molecule has 0 radical (unpaired) electrons. The van der Waals surface area contributed by atoms with Gasteiger partial charge in [0, 0.05) is 11.8 Å². The summed E-state index contributed by atoms with van der Waals surface area (Å²) in [5, 5.41) is 10.9. The Morgan fingerprint density at radius 2 is 1.89 bits per heavy atom. The summed E-state index contributed by atoms with van der Waals surface area (Å²) < 4.78 is 5.36. The van der Waals surface area contributed by atoms with Gasteiger partial charge in [0.1, 0.15) is 17.7 Å². The fourth-order valence-corrected chi connectivity index (χ4v) is 1.49. The molecule has 1 aromatic heterocycles. The van der Waals surface area contributed by atoms with Gasteiger partial charge in [0.25, 0.3) is 0 Å². The highest BCUT2D eigenvalue weighted by Crippen LogP contribution is 2.22. The maximum Gasteiger partial charge on any atom is 0.143 e. The highest BCUT2D eigenvalue weighted by atomic mass is 16.5. The maximum absolute atomic E-state index is 10.9. The average Bonchev–Trinajstić information content (AvgIpc) is 2.40. The zero-order valence-electron chi connectivity index (χ0n) is 10.7. The highest BCUT2D eigenvalue weighted by Gasteiger charge is 2.21. The molecule has 0 spiro atoms. The summed E-state index contributed by atoms with van der Waals surface area (Å²) in [6.45, 7) is 2.89. The molecule has 19 heavy (non-hydrogen) atoms. The van der Waals surface area contributed by atoms with Gasteiger partial charge in [-0.05, 0) is 44.2 Å². The molecule has 0 aliphatic carbocycles. The monoisotopic (exact) mass is 257 g/mol. The SMILES string of the molecule is CC(C)(Oc1ccc(-c2ccncn2)cc1)C(=O)[O-]. The molecule has 0 N–H and O–H groups in total. The third-order valence-corrected chi connectivity index (χ3v) is 2.60. The lowest BCUT2D eigenvalue weighted by Crippen LogP contribution is -2.47. The van der Waals surface area contributed by atoms with Crippen LogP contribution in [0.1, 0.15) is 13.8 Å². The molecule has 0 saturated heterocycles. The van der Waals surface area contributed by atoms with E-state index in [1.807, 2.05) is 12.1 Å². The number of aromatic nitrogens is 2. The Kier molecular flexibility index (Phi) is 3.46. The zero-order valence-corrected chi connectivity index (χ0v) is 10.7. The van der Waals surface area contributed by atoms with Gasteiger partial charge >= 0.3 is 0 Å². The molecular weight excluding hydrogens is 244 g/mol. The number of benzene rings is 1. The second-order valence-electron chi connectivity index (χ2n) is 4.52. The van der Waals surface area contributed by atoms with E-state index in [1.54, 1.807) is 24.4 Å². The molecule has 0 aliphatic rings. The first kappa shape index (κ1) is 13.0. The van der Waals surface area contributed by atoms with Gasteiger partial charge in [0.2, 0.25) is 0 Å². The first-order chi connectivity index (χ1) is 8.99. The van der Waals surface area contributed by atoms with E-state index in [-0.39, 0.29) is 0 Å². The van der Waals surface area contributed by atoms with E-state index in [0.717, 1.165) is 11.3 Å². The van der Waals surface area contributed by atoms with Gasteiger partial charge < -0.3 is 14.6 Å². The van der Waals surface area contributed by atoms with Gasteiger partial charge in [0.15, 0.2) is 0 Å². The molecule has 98 valence electrons. The van der Waals surface area contributed by atoms with Crippen LogP contribution in [0.5, 0.6) is 5.75 Å². The van der Waals surface area contributed by atoms with Crippen LogP contribution in [-0.4, -0.2) is 21.5 Å². The van der Waals surface area contributed by atoms with Crippen molar-refractivity contribution in [3.8, 4) is 17.0 Å². The molecule has 0 atom stereocenters. The molecule has 0 unspecified atom stereocenters. The number of carboxylic acid groups (broad SMARTS) is 1. The van der Waals surface area contributed by atoms with Crippen molar-refractivity contribution >= 4 is 5.97 Å². The molecule has 2 rings (SSSR count). The molecule has 0 fully saturated rings. The molecule has 0 saturated carbocycles. The lowest BCUT2D eigenvalue weighted by atomic mass is 10.1. The highest BCUT2D eigenvalue weighted by molar-refractivity contribution is 5.74. The third-order valence-electron chi connectivity index (χ3n) is 2.60. The quantitative estimate of drug-likeness (QED) is 0.818. The molecule has 1 heterocycles. The molecule has 1 aromatic carbocycles. The minimum absolute atomic E-state index is 0.465. The van der Waals surface area contributed by atoms with Crippen molar-refractivity contribution in [1.29, 1.82) is 0 Å². The summed E-state index contributed by atoms with van der Waals surface area (Å²) >= 11 is 0. The normalized spacial score (nSPS) is 11.1. The maximum atomic E-state index is 10.9. The summed E-state index contributed by atoms with van der Waals surface area (Å²) in [7, 11) is 0. The predicted octanol–water partition coefficient (Wildman–Crippen LogP) is 1.05. The van der Waals surface area contributed by atoms with Gasteiger partial charge in [-0.2, -0.15) is 0 Å². The summed E-state index contributed by atoms with van der Waals surface area (Å²) in [4.78, 5) is 18.8. The van der Waals surface area contributed by atoms with E-state index in [4.69, 9.17) is 4.74 Å². The zero-order chi connectivity index (χ0) is 13.9. The second kappa shape index (κ2) is 5.06. The van der Waals surface area contributed by atoms with Crippen LogP contribution in [0.3, 0.4) is 0 Å². The summed E-state index contributed by atoms with van der Waals surface area (Å²) in [5.41, 5.74) is 0.331. The first-order valence-electron chi connectivity index (χ1n) is 5.76. The van der Waals surface area contributed by atoms with Crippen molar-refractivity contribution in [2.45, 2.75) is 19.4 Å². The van der Waals surface area contributed by atoms with Gasteiger partial charge in [-0.15, -0.1) is 0 Å². The summed E-state index contributed by atoms with van der Waals surface area (Å²) in [6, 6.07) is 8.80. The van der Waals surface area contributed by atoms with Crippen molar-refractivity contribution in [2.75, 3.05) is 0 Å². The molecule has 5 nitrogen and oxygen atoms in total. The largest absolute Gasteiger partial charge is 0.546 e. The van der Waals surface area contributed by atoms with E-state index in [0.29, 0.717) is 5.75 Å². The molecule has 0 bridgehead atoms. The number of aliphatic carboxylic acids is 1. The van der Waals surface area contributed by atoms with Gasteiger partial charge in [-0.25, -0.2) is 9.97 Å². The van der Waals surface area contributed by atoms with Crippen LogP contribution in [0.15, 0.2) is 42.9 Å². The summed E-state index contributed by atoms with van der Waals surface area (Å²) in [6.07, 6.45) is 3.13. The van der Waals surface area contributed by atoms with Crippen molar-refractivity contribution in [2.24, 2.45) is 0 Å². The fourth-order valence-electron chi connectivity index (χ4n) is 1.49. The minimum atomic E-state index is -1.36. The van der Waals surface area contributed by atoms with Crippen LogP contribution in [0.2, 0.25) is 0 Å². The molecule has 0 aliphatic heterocycles. The van der Waals surface area contributed by atoms with Gasteiger partial charge in [0.05, 0.1) is 11.7 Å². The lowest BCUT2D eigenvalue weighted by molar-refractivity contribution is -0.320. The number of carboxylic acids is 1. The molecule has 0 amide bonds. The molecule has 2 aromatic rings. The Labute approximate surface area is 110 Å². The topological polar surface area (TPSA) is 75.1 Å². The van der Waals surface area contributed by atoms with Crippen LogP contribution in [0.25, 0.3) is 11.3 Å². The van der Waals surface area contributed by atoms with E-state index in [1.165, 1.54) is 20.2 Å². The number of carbonyl (C=O) groups is 1. The molecular formula is C14H13N2O3-. The second-order valence-corrected chi connectivity index (χ2v) is 4.52. The Morgan fingerprint density at radius 3 is 2.42 bits per heavy atom. The van der Waals surface area contributed by atoms with Crippen molar-refractivity contribution in [3.05, 3.63) is 42.9 Å². The number of rotatable bonds is 4. The Hall–Kier alpha value is -2.43. The van der Waals surface area contributed by atoms with E-state index in [9.17, 15) is 9.90 Å². The van der Waals surface area contributed by atoms with Crippen LogP contribution in [-0.2, 0) is 4.79 Å². The van der Waals surface area contributed by atoms with Crippen LogP contribution in [0.4, 0.5) is 0 Å². The Morgan fingerprint density at radius 1 is 1.21 bits per heavy atom. The van der Waals surface area contributed by atoms with Crippen molar-refractivity contribution in [3.63, 3.8) is 0 Å². The smallest absolute Gasteiger partial charge is 0.143 e. The van der Waals surface area contributed by atoms with E-state index >= 15 is 0 Å². The number of hydrogen-bond donors (Lipinski definition) is 0. The van der Waals surface area contributed by atoms with Crippen LogP contribution in [0, 0.1) is 0 Å². The number of carbonyl (C=O) groups excluding carboxylic acids is 1. The number of hydrogen-bond acceptors (Lipinski definition) is 5.